The van der Waals surface area contributed by atoms with Crippen LogP contribution in [0.25, 0.3) is 0 Å². The van der Waals surface area contributed by atoms with Gasteiger partial charge in [0.25, 0.3) is 5.69 Å². The maximum absolute atomic E-state index is 10.8. The van der Waals surface area contributed by atoms with Gasteiger partial charge in [-0.05, 0) is 25.8 Å². The number of aliphatic hydroxyl groups excluding tert-OH is 1. The van der Waals surface area contributed by atoms with E-state index in [0.29, 0.717) is 12.0 Å². The van der Waals surface area contributed by atoms with Gasteiger partial charge in [0.15, 0.2) is 0 Å². The van der Waals surface area contributed by atoms with Gasteiger partial charge in [0.2, 0.25) is 0 Å². The molecule has 0 heterocycles. The molecule has 1 rings (SSSR count). The monoisotopic (exact) mass is 238 g/mol. The Morgan fingerprint density at radius 1 is 1.53 bits per heavy atom. The second-order valence-electron chi connectivity index (χ2n) is 3.97. The van der Waals surface area contributed by atoms with Gasteiger partial charge >= 0.3 is 0 Å². The summed E-state index contributed by atoms with van der Waals surface area (Å²) in [6.45, 7) is 3.85. The topological polar surface area (TPSA) is 75.4 Å². The third kappa shape index (κ3) is 3.42. The molecule has 1 aromatic carbocycles. The summed E-state index contributed by atoms with van der Waals surface area (Å²) >= 11 is 0. The zero-order valence-electron chi connectivity index (χ0n) is 10.1. The normalized spacial score (nSPS) is 12.2. The maximum Gasteiger partial charge on any atom is 0.274 e. The average molecular weight is 238 g/mol. The van der Waals surface area contributed by atoms with Gasteiger partial charge in [0, 0.05) is 30.0 Å². The Labute approximate surface area is 101 Å². The minimum Gasteiger partial charge on any atom is -0.396 e. The molecular formula is C12H18N2O3. The first-order valence-electron chi connectivity index (χ1n) is 5.71. The Bertz CT molecular complexity index is 393. The molecule has 0 bridgehead atoms. The van der Waals surface area contributed by atoms with E-state index in [-0.39, 0.29) is 23.3 Å². The lowest BCUT2D eigenvalue weighted by molar-refractivity contribution is -0.385. The number of nitro groups is 1. The molecular weight excluding hydrogens is 220 g/mol. The van der Waals surface area contributed by atoms with Crippen LogP contribution in [0.3, 0.4) is 0 Å². The van der Waals surface area contributed by atoms with Crippen molar-refractivity contribution in [1.29, 1.82) is 0 Å². The maximum atomic E-state index is 10.8. The summed E-state index contributed by atoms with van der Waals surface area (Å²) in [7, 11) is 0. The Hall–Kier alpha value is -1.62. The number of rotatable bonds is 6. The first kappa shape index (κ1) is 13.4. The van der Waals surface area contributed by atoms with E-state index in [2.05, 4.69) is 5.32 Å². The molecule has 0 aliphatic rings. The number of nitro benzene ring substituents is 1. The van der Waals surface area contributed by atoms with Gasteiger partial charge in [-0.2, -0.15) is 0 Å². The van der Waals surface area contributed by atoms with Gasteiger partial charge in [0.1, 0.15) is 0 Å². The molecule has 1 atom stereocenters. The molecule has 0 amide bonds. The number of benzene rings is 1. The lowest BCUT2D eigenvalue weighted by atomic mass is 10.1. The lowest BCUT2D eigenvalue weighted by Gasteiger charge is -2.18. The Morgan fingerprint density at radius 3 is 2.76 bits per heavy atom. The van der Waals surface area contributed by atoms with Gasteiger partial charge in [-0.3, -0.25) is 10.1 Å². The molecule has 2 N–H and O–H groups in total. The molecule has 0 aliphatic carbocycles. The Balaban J connectivity index is 2.91. The molecule has 17 heavy (non-hydrogen) atoms. The van der Waals surface area contributed by atoms with Crippen LogP contribution in [0.2, 0.25) is 0 Å². The van der Waals surface area contributed by atoms with Crippen molar-refractivity contribution in [2.75, 3.05) is 11.9 Å². The first-order valence-corrected chi connectivity index (χ1v) is 5.71. The summed E-state index contributed by atoms with van der Waals surface area (Å²) in [6.07, 6.45) is 1.50. The van der Waals surface area contributed by atoms with E-state index in [9.17, 15) is 10.1 Å². The number of aliphatic hydroxyl groups is 1. The zero-order chi connectivity index (χ0) is 12.8. The molecule has 0 aromatic heterocycles. The average Bonchev–Trinajstić information content (AvgIpc) is 2.30. The fraction of sp³-hybridized carbons (Fsp3) is 0.500. The molecule has 0 spiro atoms. The predicted molar refractivity (Wildman–Crippen MR) is 67.2 cm³/mol. The minimum absolute atomic E-state index is 0.111. The molecule has 94 valence electrons. The lowest BCUT2D eigenvalue weighted by Crippen LogP contribution is -2.20. The van der Waals surface area contributed by atoms with E-state index in [4.69, 9.17) is 5.11 Å². The van der Waals surface area contributed by atoms with E-state index in [1.165, 1.54) is 6.07 Å². The van der Waals surface area contributed by atoms with Crippen LogP contribution in [0.5, 0.6) is 0 Å². The largest absolute Gasteiger partial charge is 0.396 e. The minimum atomic E-state index is -0.381. The van der Waals surface area contributed by atoms with E-state index in [0.717, 1.165) is 12.1 Å². The van der Waals surface area contributed by atoms with Gasteiger partial charge in [-0.25, -0.2) is 0 Å². The molecule has 0 saturated heterocycles. The molecule has 1 aromatic rings. The van der Waals surface area contributed by atoms with Gasteiger partial charge in [-0.1, -0.05) is 13.0 Å². The van der Waals surface area contributed by atoms with Crippen molar-refractivity contribution in [1.82, 2.24) is 0 Å². The van der Waals surface area contributed by atoms with Crippen LogP contribution in [0.1, 0.15) is 25.3 Å². The fourth-order valence-corrected chi connectivity index (χ4v) is 1.73. The molecule has 0 saturated carbocycles. The van der Waals surface area contributed by atoms with Crippen LogP contribution in [0.4, 0.5) is 11.4 Å². The van der Waals surface area contributed by atoms with E-state index >= 15 is 0 Å². The van der Waals surface area contributed by atoms with Crippen LogP contribution in [-0.2, 0) is 0 Å². The van der Waals surface area contributed by atoms with Crippen LogP contribution in [0.15, 0.2) is 18.2 Å². The summed E-state index contributed by atoms with van der Waals surface area (Å²) in [4.78, 5) is 10.4. The number of hydrogen-bond donors (Lipinski definition) is 2. The van der Waals surface area contributed by atoms with Crippen LogP contribution in [-0.4, -0.2) is 22.7 Å². The summed E-state index contributed by atoms with van der Waals surface area (Å²) in [6, 6.07) is 5.12. The smallest absolute Gasteiger partial charge is 0.274 e. The fourth-order valence-electron chi connectivity index (χ4n) is 1.73. The highest BCUT2D eigenvalue weighted by atomic mass is 16.6. The van der Waals surface area contributed by atoms with Crippen molar-refractivity contribution in [3.05, 3.63) is 33.9 Å². The summed E-state index contributed by atoms with van der Waals surface area (Å²) in [5.74, 6) is 0. The van der Waals surface area contributed by atoms with E-state index in [1.54, 1.807) is 13.0 Å². The quantitative estimate of drug-likeness (QED) is 0.589. The van der Waals surface area contributed by atoms with Crippen molar-refractivity contribution in [2.45, 2.75) is 32.7 Å². The Kier molecular flexibility index (Phi) is 4.90. The zero-order valence-corrected chi connectivity index (χ0v) is 10.1. The second-order valence-corrected chi connectivity index (χ2v) is 3.97. The summed E-state index contributed by atoms with van der Waals surface area (Å²) < 4.78 is 0. The second kappa shape index (κ2) is 6.20. The van der Waals surface area contributed by atoms with Crippen molar-refractivity contribution in [3.63, 3.8) is 0 Å². The predicted octanol–water partition coefficient (Wildman–Crippen LogP) is 2.48. The Morgan fingerprint density at radius 2 is 2.24 bits per heavy atom. The molecule has 1 unspecified atom stereocenters. The highest BCUT2D eigenvalue weighted by Crippen LogP contribution is 2.26. The molecule has 0 radical (unpaired) electrons. The summed E-state index contributed by atoms with van der Waals surface area (Å²) in [5.41, 5.74) is 1.52. The van der Waals surface area contributed by atoms with Gasteiger partial charge in [-0.15, -0.1) is 0 Å². The van der Waals surface area contributed by atoms with Crippen molar-refractivity contribution in [3.8, 4) is 0 Å². The number of nitrogens with zero attached hydrogens (tertiary/aromatic N) is 1. The SMILES string of the molecule is CCC(CCO)Nc1cccc([N+](=O)[O-])c1C. The first-order chi connectivity index (χ1) is 8.10. The van der Waals surface area contributed by atoms with Crippen molar-refractivity contribution in [2.24, 2.45) is 0 Å². The van der Waals surface area contributed by atoms with Crippen molar-refractivity contribution >= 4 is 11.4 Å². The third-order valence-electron chi connectivity index (χ3n) is 2.83. The highest BCUT2D eigenvalue weighted by Gasteiger charge is 2.14. The van der Waals surface area contributed by atoms with E-state index in [1.807, 2.05) is 13.0 Å². The summed E-state index contributed by atoms with van der Waals surface area (Å²) in [5, 5.41) is 22.9. The van der Waals surface area contributed by atoms with Crippen LogP contribution in [0, 0.1) is 17.0 Å². The highest BCUT2D eigenvalue weighted by molar-refractivity contribution is 5.60. The number of anilines is 1. The third-order valence-corrected chi connectivity index (χ3v) is 2.83. The van der Waals surface area contributed by atoms with Gasteiger partial charge < -0.3 is 10.4 Å². The standard InChI is InChI=1S/C12H18N2O3/c1-3-10(7-8-15)13-11-5-4-6-12(9(11)2)14(16)17/h4-6,10,13,15H,3,7-8H2,1-2H3. The molecule has 5 nitrogen and oxygen atoms in total. The van der Waals surface area contributed by atoms with E-state index < -0.39 is 0 Å². The molecule has 0 fully saturated rings. The van der Waals surface area contributed by atoms with Gasteiger partial charge in [0.05, 0.1) is 4.92 Å². The molecule has 0 aliphatic heterocycles. The van der Waals surface area contributed by atoms with Crippen LogP contribution < -0.4 is 5.32 Å². The molecule has 5 heteroatoms. The number of nitrogens with one attached hydrogen (secondary N) is 1. The number of hydrogen-bond acceptors (Lipinski definition) is 4. The van der Waals surface area contributed by atoms with Crippen molar-refractivity contribution < 1.29 is 10.0 Å². The van der Waals surface area contributed by atoms with Crippen LogP contribution >= 0.6 is 0 Å².